The molecule has 0 aliphatic heterocycles. The second kappa shape index (κ2) is 3.80. The summed E-state index contributed by atoms with van der Waals surface area (Å²) in [5.41, 5.74) is 1.49. The monoisotopic (exact) mass is 191 g/mol. The minimum absolute atomic E-state index is 0.0167. The number of amides is 1. The maximum Gasteiger partial charge on any atom is 0.251 e. The topological polar surface area (TPSA) is 49.3 Å². The van der Waals surface area contributed by atoms with Gasteiger partial charge in [-0.1, -0.05) is 12.1 Å². The summed E-state index contributed by atoms with van der Waals surface area (Å²) in [5.74, 6) is -0.0167. The Morgan fingerprint density at radius 3 is 2.50 bits per heavy atom. The Hall–Kier alpha value is -1.35. The van der Waals surface area contributed by atoms with Crippen LogP contribution < -0.4 is 5.32 Å². The summed E-state index contributed by atoms with van der Waals surface area (Å²) in [6, 6.07) is 7.40. The molecule has 0 atom stereocenters. The van der Waals surface area contributed by atoms with Gasteiger partial charge in [0.25, 0.3) is 5.91 Å². The Labute approximate surface area is 82.8 Å². The van der Waals surface area contributed by atoms with Crippen LogP contribution in [-0.2, 0) is 6.61 Å². The van der Waals surface area contributed by atoms with Crippen LogP contribution in [0.1, 0.15) is 28.8 Å². The molecule has 0 radical (unpaired) electrons. The first-order valence-electron chi connectivity index (χ1n) is 4.80. The lowest BCUT2D eigenvalue weighted by atomic mass is 10.1. The second-order valence-corrected chi connectivity index (χ2v) is 3.60. The standard InChI is InChI=1S/C11H13NO2/c13-7-8-1-3-9(4-2-8)11(14)12-10-5-6-10/h1-4,10,13H,5-7H2,(H,12,14). The zero-order valence-electron chi connectivity index (χ0n) is 7.86. The molecule has 1 aliphatic carbocycles. The lowest BCUT2D eigenvalue weighted by Crippen LogP contribution is -2.25. The molecule has 0 saturated heterocycles. The van der Waals surface area contributed by atoms with Crippen molar-refractivity contribution in [3.8, 4) is 0 Å². The molecule has 1 amide bonds. The van der Waals surface area contributed by atoms with Crippen molar-refractivity contribution in [2.45, 2.75) is 25.5 Å². The molecule has 1 saturated carbocycles. The first-order chi connectivity index (χ1) is 6.79. The van der Waals surface area contributed by atoms with Crippen molar-refractivity contribution in [3.05, 3.63) is 35.4 Å². The Morgan fingerprint density at radius 2 is 2.00 bits per heavy atom. The highest BCUT2D eigenvalue weighted by molar-refractivity contribution is 5.94. The van der Waals surface area contributed by atoms with Crippen molar-refractivity contribution < 1.29 is 9.90 Å². The highest BCUT2D eigenvalue weighted by Gasteiger charge is 2.23. The van der Waals surface area contributed by atoms with Crippen LogP contribution in [-0.4, -0.2) is 17.1 Å². The maximum atomic E-state index is 11.5. The molecular formula is C11H13NO2. The summed E-state index contributed by atoms with van der Waals surface area (Å²) in [6.07, 6.45) is 2.20. The third-order valence-electron chi connectivity index (χ3n) is 2.31. The summed E-state index contributed by atoms with van der Waals surface area (Å²) in [4.78, 5) is 11.5. The molecule has 2 N–H and O–H groups in total. The van der Waals surface area contributed by atoms with Crippen molar-refractivity contribution in [1.82, 2.24) is 5.32 Å². The smallest absolute Gasteiger partial charge is 0.251 e. The maximum absolute atomic E-state index is 11.5. The molecule has 3 nitrogen and oxygen atoms in total. The van der Waals surface area contributed by atoms with Crippen molar-refractivity contribution in [1.29, 1.82) is 0 Å². The summed E-state index contributed by atoms with van der Waals surface area (Å²) in [5, 5.41) is 11.7. The fourth-order valence-corrected chi connectivity index (χ4v) is 1.26. The lowest BCUT2D eigenvalue weighted by Gasteiger charge is -2.03. The molecule has 1 aliphatic rings. The summed E-state index contributed by atoms with van der Waals surface area (Å²) in [6.45, 7) is 0.0184. The van der Waals surface area contributed by atoms with Gasteiger partial charge in [0.2, 0.25) is 0 Å². The lowest BCUT2D eigenvalue weighted by molar-refractivity contribution is 0.0951. The summed E-state index contributed by atoms with van der Waals surface area (Å²) < 4.78 is 0. The van der Waals surface area contributed by atoms with Crippen LogP contribution in [0, 0.1) is 0 Å². The third-order valence-corrected chi connectivity index (χ3v) is 2.31. The van der Waals surface area contributed by atoms with Crippen LogP contribution in [0.2, 0.25) is 0 Å². The van der Waals surface area contributed by atoms with Crippen LogP contribution in [0.15, 0.2) is 24.3 Å². The van der Waals surface area contributed by atoms with Crippen LogP contribution in [0.4, 0.5) is 0 Å². The molecule has 1 aromatic rings. The quantitative estimate of drug-likeness (QED) is 0.750. The van der Waals surface area contributed by atoms with Gasteiger partial charge in [0.15, 0.2) is 0 Å². The van der Waals surface area contributed by atoms with E-state index in [1.54, 1.807) is 24.3 Å². The average molecular weight is 191 g/mol. The van der Waals surface area contributed by atoms with Crippen molar-refractivity contribution in [2.75, 3.05) is 0 Å². The van der Waals surface area contributed by atoms with Crippen LogP contribution in [0.5, 0.6) is 0 Å². The van der Waals surface area contributed by atoms with Crippen molar-refractivity contribution in [2.24, 2.45) is 0 Å². The highest BCUT2D eigenvalue weighted by Crippen LogP contribution is 2.19. The van der Waals surface area contributed by atoms with Gasteiger partial charge in [-0.3, -0.25) is 4.79 Å². The number of aliphatic hydroxyl groups is 1. The van der Waals surface area contributed by atoms with E-state index in [0.29, 0.717) is 11.6 Å². The summed E-state index contributed by atoms with van der Waals surface area (Å²) >= 11 is 0. The second-order valence-electron chi connectivity index (χ2n) is 3.60. The van der Waals surface area contributed by atoms with Crippen molar-refractivity contribution >= 4 is 5.91 Å². The molecule has 0 spiro atoms. The van der Waals surface area contributed by atoms with Gasteiger partial charge in [-0.15, -0.1) is 0 Å². The first kappa shape index (κ1) is 9.21. The zero-order chi connectivity index (χ0) is 9.97. The molecule has 14 heavy (non-hydrogen) atoms. The van der Waals surface area contributed by atoms with Crippen LogP contribution >= 0.6 is 0 Å². The predicted octanol–water partition coefficient (Wildman–Crippen LogP) is 1.07. The number of nitrogens with one attached hydrogen (secondary N) is 1. The number of hydrogen-bond acceptors (Lipinski definition) is 2. The van der Waals surface area contributed by atoms with Crippen LogP contribution in [0.25, 0.3) is 0 Å². The molecule has 1 aromatic carbocycles. The molecule has 1 fully saturated rings. The third kappa shape index (κ3) is 2.12. The Morgan fingerprint density at radius 1 is 1.36 bits per heavy atom. The van der Waals surface area contributed by atoms with Gasteiger partial charge in [-0.2, -0.15) is 0 Å². The molecule has 3 heteroatoms. The Bertz CT molecular complexity index is 328. The van der Waals surface area contributed by atoms with E-state index in [0.717, 1.165) is 18.4 Å². The zero-order valence-corrected chi connectivity index (χ0v) is 7.86. The first-order valence-corrected chi connectivity index (χ1v) is 4.80. The predicted molar refractivity (Wildman–Crippen MR) is 52.9 cm³/mol. The SMILES string of the molecule is O=C(NC1CC1)c1ccc(CO)cc1. The van der Waals surface area contributed by atoms with E-state index in [1.165, 1.54) is 0 Å². The van der Waals surface area contributed by atoms with E-state index in [-0.39, 0.29) is 12.5 Å². The number of hydrogen-bond donors (Lipinski definition) is 2. The average Bonchev–Trinajstić information content (AvgIpc) is 3.02. The van der Waals surface area contributed by atoms with Gasteiger partial charge >= 0.3 is 0 Å². The minimum atomic E-state index is -0.0167. The van der Waals surface area contributed by atoms with Gasteiger partial charge in [0.1, 0.15) is 0 Å². The van der Waals surface area contributed by atoms with E-state index in [9.17, 15) is 4.79 Å². The van der Waals surface area contributed by atoms with E-state index in [4.69, 9.17) is 5.11 Å². The fourth-order valence-electron chi connectivity index (χ4n) is 1.26. The molecule has 74 valence electrons. The normalized spacial score (nSPS) is 15.2. The van der Waals surface area contributed by atoms with Crippen molar-refractivity contribution in [3.63, 3.8) is 0 Å². The Balaban J connectivity index is 2.03. The molecule has 0 heterocycles. The number of rotatable bonds is 3. The summed E-state index contributed by atoms with van der Waals surface area (Å²) in [7, 11) is 0. The largest absolute Gasteiger partial charge is 0.392 e. The number of carbonyl (C=O) groups is 1. The molecule has 0 bridgehead atoms. The highest BCUT2D eigenvalue weighted by atomic mass is 16.3. The number of benzene rings is 1. The van der Waals surface area contributed by atoms with Gasteiger partial charge in [-0.05, 0) is 30.5 Å². The van der Waals surface area contributed by atoms with Crippen LogP contribution in [0.3, 0.4) is 0 Å². The van der Waals surface area contributed by atoms with Gasteiger partial charge in [0.05, 0.1) is 6.61 Å². The Kier molecular flexibility index (Phi) is 2.50. The van der Waals surface area contributed by atoms with E-state index < -0.39 is 0 Å². The van der Waals surface area contributed by atoms with E-state index in [2.05, 4.69) is 5.32 Å². The number of carbonyl (C=O) groups excluding carboxylic acids is 1. The molecule has 0 unspecified atom stereocenters. The molecular weight excluding hydrogens is 178 g/mol. The van der Waals surface area contributed by atoms with Gasteiger partial charge < -0.3 is 10.4 Å². The number of aliphatic hydroxyl groups excluding tert-OH is 1. The van der Waals surface area contributed by atoms with Gasteiger partial charge in [-0.25, -0.2) is 0 Å². The van der Waals surface area contributed by atoms with E-state index in [1.807, 2.05) is 0 Å². The molecule has 2 rings (SSSR count). The minimum Gasteiger partial charge on any atom is -0.392 e. The van der Waals surface area contributed by atoms with E-state index >= 15 is 0 Å². The fraction of sp³-hybridized carbons (Fsp3) is 0.364. The van der Waals surface area contributed by atoms with Gasteiger partial charge in [0, 0.05) is 11.6 Å². The molecule has 0 aromatic heterocycles.